The van der Waals surface area contributed by atoms with Gasteiger partial charge in [-0.15, -0.1) is 0 Å². The number of rotatable bonds is 5. The van der Waals surface area contributed by atoms with Crippen molar-refractivity contribution in [3.63, 3.8) is 0 Å². The summed E-state index contributed by atoms with van der Waals surface area (Å²) in [6.45, 7) is 7.11. The zero-order chi connectivity index (χ0) is 13.7. The normalized spacial score (nSPS) is 24.4. The molecular formula is C15H23BrN2O. The fourth-order valence-electron chi connectivity index (χ4n) is 2.58. The molecule has 2 rings (SSSR count). The fraction of sp³-hybridized carbons (Fsp3) is 0.600. The first-order valence-corrected chi connectivity index (χ1v) is 7.79. The maximum absolute atomic E-state index is 5.83. The Hall–Kier alpha value is -0.580. The Labute approximate surface area is 124 Å². The zero-order valence-corrected chi connectivity index (χ0v) is 13.1. The van der Waals surface area contributed by atoms with Gasteiger partial charge in [-0.2, -0.15) is 0 Å². The Kier molecular flexibility index (Phi) is 5.67. The molecule has 2 atom stereocenters. The smallest absolute Gasteiger partial charge is 0.120 e. The first-order chi connectivity index (χ1) is 9.19. The highest BCUT2D eigenvalue weighted by Crippen LogP contribution is 2.22. The predicted molar refractivity (Wildman–Crippen MR) is 82.4 cm³/mol. The van der Waals surface area contributed by atoms with E-state index in [0.29, 0.717) is 5.92 Å². The van der Waals surface area contributed by atoms with Crippen LogP contribution >= 0.6 is 15.9 Å². The van der Waals surface area contributed by atoms with Gasteiger partial charge in [-0.3, -0.25) is 4.90 Å². The van der Waals surface area contributed by atoms with Gasteiger partial charge < -0.3 is 10.5 Å². The van der Waals surface area contributed by atoms with Crippen molar-refractivity contribution < 1.29 is 4.74 Å². The van der Waals surface area contributed by atoms with Crippen LogP contribution < -0.4 is 10.5 Å². The van der Waals surface area contributed by atoms with Gasteiger partial charge in [-0.1, -0.05) is 28.9 Å². The Morgan fingerprint density at radius 1 is 1.47 bits per heavy atom. The van der Waals surface area contributed by atoms with E-state index in [-0.39, 0.29) is 0 Å². The van der Waals surface area contributed by atoms with E-state index in [2.05, 4.69) is 27.8 Å². The van der Waals surface area contributed by atoms with E-state index in [1.54, 1.807) is 0 Å². The highest BCUT2D eigenvalue weighted by Gasteiger charge is 2.24. The summed E-state index contributed by atoms with van der Waals surface area (Å²) in [5, 5.41) is 0. The average molecular weight is 327 g/mol. The lowest BCUT2D eigenvalue weighted by Gasteiger charge is -2.36. The number of hydrogen-bond acceptors (Lipinski definition) is 3. The van der Waals surface area contributed by atoms with Crippen molar-refractivity contribution in [1.82, 2.24) is 4.90 Å². The van der Waals surface area contributed by atoms with E-state index in [1.807, 2.05) is 24.3 Å². The topological polar surface area (TPSA) is 38.5 Å². The van der Waals surface area contributed by atoms with E-state index in [0.717, 1.165) is 42.4 Å². The van der Waals surface area contributed by atoms with Gasteiger partial charge in [0.2, 0.25) is 0 Å². The molecule has 0 amide bonds. The molecule has 1 saturated heterocycles. The van der Waals surface area contributed by atoms with Gasteiger partial charge in [0.05, 0.1) is 0 Å². The molecule has 2 N–H and O–H groups in total. The molecule has 0 radical (unpaired) electrons. The van der Waals surface area contributed by atoms with Crippen LogP contribution in [0.15, 0.2) is 28.7 Å². The van der Waals surface area contributed by atoms with Crippen molar-refractivity contribution in [2.24, 2.45) is 17.6 Å². The molecule has 1 aliphatic heterocycles. The molecule has 1 aliphatic rings. The Bertz CT molecular complexity index is 399. The highest BCUT2D eigenvalue weighted by molar-refractivity contribution is 9.10. The van der Waals surface area contributed by atoms with Crippen LogP contribution in [-0.2, 0) is 0 Å². The molecule has 106 valence electrons. The lowest BCUT2D eigenvalue weighted by atomic mass is 9.87. The van der Waals surface area contributed by atoms with Gasteiger partial charge in [-0.05, 0) is 49.5 Å². The molecule has 1 aromatic rings. The molecule has 1 fully saturated rings. The number of nitrogens with zero attached hydrogens (tertiary/aromatic N) is 1. The second-order valence-electron chi connectivity index (χ2n) is 5.37. The molecule has 2 unspecified atom stereocenters. The van der Waals surface area contributed by atoms with Crippen LogP contribution in [0.2, 0.25) is 0 Å². The van der Waals surface area contributed by atoms with Crippen molar-refractivity contribution >= 4 is 15.9 Å². The molecule has 0 spiro atoms. The van der Waals surface area contributed by atoms with Crippen LogP contribution in [0.25, 0.3) is 0 Å². The quantitative estimate of drug-likeness (QED) is 0.904. The summed E-state index contributed by atoms with van der Waals surface area (Å²) in [7, 11) is 0. The fourth-order valence-corrected chi connectivity index (χ4v) is 2.96. The van der Waals surface area contributed by atoms with Gasteiger partial charge in [0.25, 0.3) is 0 Å². The molecule has 3 nitrogen and oxygen atoms in total. The summed E-state index contributed by atoms with van der Waals surface area (Å²) >= 11 is 3.45. The Morgan fingerprint density at radius 3 is 3.05 bits per heavy atom. The van der Waals surface area contributed by atoms with Crippen molar-refractivity contribution in [2.45, 2.75) is 13.3 Å². The van der Waals surface area contributed by atoms with Crippen LogP contribution in [0.3, 0.4) is 0 Å². The molecule has 0 saturated carbocycles. The highest BCUT2D eigenvalue weighted by atomic mass is 79.9. The van der Waals surface area contributed by atoms with Gasteiger partial charge in [-0.25, -0.2) is 0 Å². The maximum atomic E-state index is 5.83. The minimum atomic E-state index is 0.639. The van der Waals surface area contributed by atoms with Crippen LogP contribution in [0.5, 0.6) is 5.75 Å². The molecule has 1 aromatic carbocycles. The lowest BCUT2D eigenvalue weighted by molar-refractivity contribution is 0.114. The summed E-state index contributed by atoms with van der Waals surface area (Å²) < 4.78 is 6.84. The summed E-state index contributed by atoms with van der Waals surface area (Å²) in [4.78, 5) is 2.47. The number of nitrogens with two attached hydrogens (primary N) is 1. The van der Waals surface area contributed by atoms with Gasteiger partial charge in [0, 0.05) is 17.6 Å². The Balaban J connectivity index is 1.74. The van der Waals surface area contributed by atoms with E-state index < -0.39 is 0 Å². The van der Waals surface area contributed by atoms with Gasteiger partial charge in [0.15, 0.2) is 0 Å². The number of ether oxygens (including phenoxy) is 1. The monoisotopic (exact) mass is 326 g/mol. The van der Waals surface area contributed by atoms with Crippen LogP contribution in [-0.4, -0.2) is 37.7 Å². The van der Waals surface area contributed by atoms with Crippen molar-refractivity contribution in [3.8, 4) is 5.75 Å². The summed E-state index contributed by atoms with van der Waals surface area (Å²) in [5.74, 6) is 2.32. The molecule has 0 bridgehead atoms. The molecule has 4 heteroatoms. The van der Waals surface area contributed by atoms with Crippen molar-refractivity contribution in [3.05, 3.63) is 28.7 Å². The van der Waals surface area contributed by atoms with Crippen LogP contribution in [0, 0.1) is 11.8 Å². The molecule has 0 aliphatic carbocycles. The third-order valence-electron chi connectivity index (χ3n) is 3.97. The minimum Gasteiger partial charge on any atom is -0.492 e. The van der Waals surface area contributed by atoms with Crippen LogP contribution in [0.4, 0.5) is 0 Å². The number of piperidine rings is 1. The van der Waals surface area contributed by atoms with E-state index in [1.165, 1.54) is 13.0 Å². The third kappa shape index (κ3) is 4.48. The average Bonchev–Trinajstić information content (AvgIpc) is 2.41. The number of benzene rings is 1. The van der Waals surface area contributed by atoms with Crippen LogP contribution in [0.1, 0.15) is 13.3 Å². The molecule has 19 heavy (non-hydrogen) atoms. The van der Waals surface area contributed by atoms with E-state index in [9.17, 15) is 0 Å². The van der Waals surface area contributed by atoms with Gasteiger partial charge >= 0.3 is 0 Å². The second-order valence-corrected chi connectivity index (χ2v) is 6.28. The lowest BCUT2D eigenvalue weighted by Crippen LogP contribution is -2.44. The summed E-state index contributed by atoms with van der Waals surface area (Å²) in [6.07, 6.45) is 1.25. The molecule has 1 heterocycles. The number of halogens is 1. The standard InChI is InChI=1S/C15H23BrN2O/c1-12-5-6-18(11-13(12)10-17)7-8-19-15-4-2-3-14(16)9-15/h2-4,9,12-13H,5-8,10-11,17H2,1H3. The van der Waals surface area contributed by atoms with E-state index >= 15 is 0 Å². The molecule has 0 aromatic heterocycles. The van der Waals surface area contributed by atoms with Gasteiger partial charge in [0.1, 0.15) is 12.4 Å². The van der Waals surface area contributed by atoms with Crippen molar-refractivity contribution in [1.29, 1.82) is 0 Å². The minimum absolute atomic E-state index is 0.639. The second kappa shape index (κ2) is 7.27. The maximum Gasteiger partial charge on any atom is 0.120 e. The number of hydrogen-bond donors (Lipinski definition) is 1. The van der Waals surface area contributed by atoms with Crippen molar-refractivity contribution in [2.75, 3.05) is 32.8 Å². The summed E-state index contributed by atoms with van der Waals surface area (Å²) in [6, 6.07) is 7.99. The first-order valence-electron chi connectivity index (χ1n) is 7.00. The first kappa shape index (κ1) is 14.8. The zero-order valence-electron chi connectivity index (χ0n) is 11.5. The number of likely N-dealkylation sites (tertiary alicyclic amines) is 1. The third-order valence-corrected chi connectivity index (χ3v) is 4.47. The SMILES string of the molecule is CC1CCN(CCOc2cccc(Br)c2)CC1CN. The molecular weight excluding hydrogens is 304 g/mol. The largest absolute Gasteiger partial charge is 0.492 e. The predicted octanol–water partition coefficient (Wildman–Crippen LogP) is 2.74. The summed E-state index contributed by atoms with van der Waals surface area (Å²) in [5.41, 5.74) is 5.83. The van der Waals surface area contributed by atoms with E-state index in [4.69, 9.17) is 10.5 Å². The Morgan fingerprint density at radius 2 is 2.32 bits per heavy atom.